The van der Waals surface area contributed by atoms with Crippen LogP contribution in [-0.4, -0.2) is 11.1 Å². The van der Waals surface area contributed by atoms with Gasteiger partial charge in [0, 0.05) is 5.57 Å². The zero-order chi connectivity index (χ0) is 17.3. The lowest BCUT2D eigenvalue weighted by Crippen LogP contribution is -1.98. The number of unbranched alkanes of at least 4 members (excludes halogenated alkanes) is 10. The van der Waals surface area contributed by atoms with E-state index >= 15 is 0 Å². The highest BCUT2D eigenvalue weighted by atomic mass is 16.4. The van der Waals surface area contributed by atoms with Crippen molar-refractivity contribution in [1.29, 1.82) is 0 Å². The minimum absolute atomic E-state index is 0.479. The molecule has 0 saturated carbocycles. The SMILES string of the molecule is CCCCCCCCCCCCCC(C)CCC=C(C)C(=O)O. The summed E-state index contributed by atoms with van der Waals surface area (Å²) in [6, 6.07) is 0. The zero-order valence-corrected chi connectivity index (χ0v) is 15.9. The van der Waals surface area contributed by atoms with E-state index in [4.69, 9.17) is 5.11 Å². The summed E-state index contributed by atoms with van der Waals surface area (Å²) in [5.74, 6) is -0.0746. The van der Waals surface area contributed by atoms with Gasteiger partial charge < -0.3 is 5.11 Å². The Morgan fingerprint density at radius 1 is 0.870 bits per heavy atom. The summed E-state index contributed by atoms with van der Waals surface area (Å²) in [5.41, 5.74) is 0.479. The standard InChI is InChI=1S/C21H40O2/c1-4-5-6-7-8-9-10-11-12-13-14-16-19(2)17-15-18-20(3)21(22)23/h18-19H,4-17H2,1-3H3,(H,22,23). The van der Waals surface area contributed by atoms with Crippen LogP contribution in [0, 0.1) is 5.92 Å². The highest BCUT2D eigenvalue weighted by Crippen LogP contribution is 2.17. The molecule has 0 aliphatic carbocycles. The highest BCUT2D eigenvalue weighted by molar-refractivity contribution is 5.85. The first-order valence-electron chi connectivity index (χ1n) is 9.98. The van der Waals surface area contributed by atoms with Crippen molar-refractivity contribution in [2.24, 2.45) is 5.92 Å². The van der Waals surface area contributed by atoms with Gasteiger partial charge >= 0.3 is 5.97 Å². The Kier molecular flexibility index (Phi) is 15.5. The van der Waals surface area contributed by atoms with Crippen LogP contribution < -0.4 is 0 Å². The summed E-state index contributed by atoms with van der Waals surface area (Å²) in [4.78, 5) is 10.7. The molecule has 0 bridgehead atoms. The summed E-state index contributed by atoms with van der Waals surface area (Å²) in [7, 11) is 0. The molecule has 0 rings (SSSR count). The fourth-order valence-corrected chi connectivity index (χ4v) is 2.97. The molecule has 2 nitrogen and oxygen atoms in total. The summed E-state index contributed by atoms with van der Waals surface area (Å²) in [6.45, 7) is 6.24. The Balaban J connectivity index is 3.31. The summed E-state index contributed by atoms with van der Waals surface area (Å²) in [6.07, 6.45) is 20.5. The Bertz CT molecular complexity index is 307. The Morgan fingerprint density at radius 3 is 1.83 bits per heavy atom. The van der Waals surface area contributed by atoms with Crippen molar-refractivity contribution in [3.8, 4) is 0 Å². The van der Waals surface area contributed by atoms with E-state index in [1.54, 1.807) is 6.92 Å². The lowest BCUT2D eigenvalue weighted by atomic mass is 9.97. The van der Waals surface area contributed by atoms with Gasteiger partial charge in [-0.05, 0) is 25.7 Å². The van der Waals surface area contributed by atoms with E-state index in [9.17, 15) is 4.79 Å². The molecule has 0 fully saturated rings. The number of carbonyl (C=O) groups is 1. The van der Waals surface area contributed by atoms with Crippen LogP contribution in [0.5, 0.6) is 0 Å². The molecule has 0 aliphatic heterocycles. The second-order valence-electron chi connectivity index (χ2n) is 7.20. The van der Waals surface area contributed by atoms with Crippen LogP contribution in [0.4, 0.5) is 0 Å². The van der Waals surface area contributed by atoms with Gasteiger partial charge in [0.05, 0.1) is 0 Å². The lowest BCUT2D eigenvalue weighted by Gasteiger charge is -2.09. The van der Waals surface area contributed by atoms with Crippen molar-refractivity contribution in [2.75, 3.05) is 0 Å². The fourth-order valence-electron chi connectivity index (χ4n) is 2.97. The third-order valence-electron chi connectivity index (χ3n) is 4.75. The van der Waals surface area contributed by atoms with Crippen LogP contribution in [0.2, 0.25) is 0 Å². The number of allylic oxidation sites excluding steroid dienone is 1. The van der Waals surface area contributed by atoms with Gasteiger partial charge in [-0.2, -0.15) is 0 Å². The number of carboxylic acid groups (broad SMARTS) is 1. The molecular formula is C21H40O2. The first-order valence-corrected chi connectivity index (χ1v) is 9.98. The maximum Gasteiger partial charge on any atom is 0.330 e. The fraction of sp³-hybridized carbons (Fsp3) is 0.857. The molecular weight excluding hydrogens is 284 g/mol. The minimum Gasteiger partial charge on any atom is -0.478 e. The van der Waals surface area contributed by atoms with Crippen LogP contribution in [0.25, 0.3) is 0 Å². The Hall–Kier alpha value is -0.790. The number of hydrogen-bond acceptors (Lipinski definition) is 1. The molecule has 0 aromatic rings. The molecule has 0 heterocycles. The van der Waals surface area contributed by atoms with Gasteiger partial charge in [-0.25, -0.2) is 4.79 Å². The quantitative estimate of drug-likeness (QED) is 0.242. The maximum absolute atomic E-state index is 10.7. The topological polar surface area (TPSA) is 37.3 Å². The second kappa shape index (κ2) is 16.1. The van der Waals surface area contributed by atoms with Gasteiger partial charge in [-0.3, -0.25) is 0 Å². The smallest absolute Gasteiger partial charge is 0.330 e. The van der Waals surface area contributed by atoms with E-state index in [1.165, 1.54) is 77.0 Å². The van der Waals surface area contributed by atoms with Crippen LogP contribution >= 0.6 is 0 Å². The molecule has 0 aromatic carbocycles. The molecule has 0 spiro atoms. The Labute approximate surface area is 144 Å². The molecule has 23 heavy (non-hydrogen) atoms. The predicted octanol–water partition coefficient (Wildman–Crippen LogP) is 7.13. The first kappa shape index (κ1) is 22.2. The molecule has 0 radical (unpaired) electrons. The van der Waals surface area contributed by atoms with Crippen LogP contribution in [0.3, 0.4) is 0 Å². The van der Waals surface area contributed by atoms with E-state index < -0.39 is 5.97 Å². The van der Waals surface area contributed by atoms with Crippen molar-refractivity contribution in [1.82, 2.24) is 0 Å². The average molecular weight is 325 g/mol. The zero-order valence-electron chi connectivity index (χ0n) is 15.9. The summed E-state index contributed by atoms with van der Waals surface area (Å²) in [5, 5.41) is 8.79. The molecule has 136 valence electrons. The van der Waals surface area contributed by atoms with E-state index in [0.717, 1.165) is 12.8 Å². The molecule has 0 aliphatic rings. The highest BCUT2D eigenvalue weighted by Gasteiger charge is 2.03. The van der Waals surface area contributed by atoms with Crippen molar-refractivity contribution in [3.05, 3.63) is 11.6 Å². The number of rotatable bonds is 16. The third kappa shape index (κ3) is 15.9. The average Bonchev–Trinajstić information content (AvgIpc) is 2.52. The van der Waals surface area contributed by atoms with Gasteiger partial charge in [0.1, 0.15) is 0 Å². The predicted molar refractivity (Wildman–Crippen MR) is 101 cm³/mol. The molecule has 2 heteroatoms. The normalized spacial score (nSPS) is 13.3. The van der Waals surface area contributed by atoms with Crippen molar-refractivity contribution >= 4 is 5.97 Å². The minimum atomic E-state index is -0.789. The molecule has 1 N–H and O–H groups in total. The van der Waals surface area contributed by atoms with Crippen LogP contribution in [-0.2, 0) is 4.79 Å². The van der Waals surface area contributed by atoms with E-state index in [-0.39, 0.29) is 0 Å². The maximum atomic E-state index is 10.7. The summed E-state index contributed by atoms with van der Waals surface area (Å²) < 4.78 is 0. The second-order valence-corrected chi connectivity index (χ2v) is 7.20. The summed E-state index contributed by atoms with van der Waals surface area (Å²) >= 11 is 0. The molecule has 0 amide bonds. The first-order chi connectivity index (χ1) is 11.1. The molecule has 1 atom stereocenters. The van der Waals surface area contributed by atoms with Crippen molar-refractivity contribution < 1.29 is 9.90 Å². The molecule has 0 saturated heterocycles. The van der Waals surface area contributed by atoms with E-state index in [0.29, 0.717) is 11.5 Å². The van der Waals surface area contributed by atoms with Crippen molar-refractivity contribution in [2.45, 2.75) is 111 Å². The lowest BCUT2D eigenvalue weighted by molar-refractivity contribution is -0.132. The number of hydrogen-bond donors (Lipinski definition) is 1. The van der Waals surface area contributed by atoms with Gasteiger partial charge in [0.2, 0.25) is 0 Å². The third-order valence-corrected chi connectivity index (χ3v) is 4.75. The van der Waals surface area contributed by atoms with Crippen molar-refractivity contribution in [3.63, 3.8) is 0 Å². The van der Waals surface area contributed by atoms with Crippen LogP contribution in [0.1, 0.15) is 111 Å². The van der Waals surface area contributed by atoms with E-state index in [1.807, 2.05) is 6.08 Å². The van der Waals surface area contributed by atoms with E-state index in [2.05, 4.69) is 13.8 Å². The number of aliphatic carboxylic acids is 1. The molecule has 0 aromatic heterocycles. The van der Waals surface area contributed by atoms with Crippen LogP contribution in [0.15, 0.2) is 11.6 Å². The van der Waals surface area contributed by atoms with Gasteiger partial charge in [-0.1, -0.05) is 97.0 Å². The molecule has 1 unspecified atom stereocenters. The number of carboxylic acids is 1. The monoisotopic (exact) mass is 324 g/mol. The van der Waals surface area contributed by atoms with Gasteiger partial charge in [0.15, 0.2) is 0 Å². The van der Waals surface area contributed by atoms with Gasteiger partial charge in [-0.15, -0.1) is 0 Å². The largest absolute Gasteiger partial charge is 0.478 e. The van der Waals surface area contributed by atoms with Gasteiger partial charge in [0.25, 0.3) is 0 Å². The Morgan fingerprint density at radius 2 is 1.35 bits per heavy atom.